The van der Waals surface area contributed by atoms with Crippen LogP contribution >= 0.6 is 15.9 Å². The van der Waals surface area contributed by atoms with Gasteiger partial charge in [0.1, 0.15) is 0 Å². The minimum atomic E-state index is -0.824. The number of hydrogen-bond donors (Lipinski definition) is 0. The van der Waals surface area contributed by atoms with Crippen LogP contribution in [0, 0.1) is 19.3 Å². The van der Waals surface area contributed by atoms with E-state index in [1.54, 1.807) is 0 Å². The Morgan fingerprint density at radius 3 is 2.19 bits per heavy atom. The maximum atomic E-state index is 13.0. The van der Waals surface area contributed by atoms with Gasteiger partial charge in [-0.15, -0.1) is 0 Å². The van der Waals surface area contributed by atoms with Crippen LogP contribution in [0.25, 0.3) is 0 Å². The quantitative estimate of drug-likeness (QED) is 0.594. The lowest BCUT2D eigenvalue weighted by Crippen LogP contribution is -2.53. The first-order valence-electron chi connectivity index (χ1n) is 9.52. The second kappa shape index (κ2) is 7.70. The minimum Gasteiger partial charge on any atom is -0.461 e. The zero-order valence-electron chi connectivity index (χ0n) is 18.1. The molecule has 152 valence electrons. The number of halogens is 1. The highest BCUT2D eigenvalue weighted by atomic mass is 79.9. The maximum Gasteiger partial charge on any atom is 0.340 e. The van der Waals surface area contributed by atoms with Gasteiger partial charge in [0.15, 0.2) is 6.10 Å². The largest absolute Gasteiger partial charge is 0.461 e. The zero-order chi connectivity index (χ0) is 20.7. The number of anilines is 1. The molecule has 1 aliphatic heterocycles. The molecule has 1 aliphatic rings. The van der Waals surface area contributed by atoms with E-state index >= 15 is 0 Å². The Labute approximate surface area is 172 Å². The lowest BCUT2D eigenvalue weighted by Gasteiger charge is -2.49. The van der Waals surface area contributed by atoms with E-state index in [0.717, 1.165) is 40.2 Å². The molecule has 0 radical (unpaired) electrons. The predicted molar refractivity (Wildman–Crippen MR) is 112 cm³/mol. The Bertz CT molecular complexity index is 715. The molecule has 0 amide bonds. The number of nitrogens with zero attached hydrogens (tertiary/aromatic N) is 2. The number of esters is 1. The molecule has 1 saturated heterocycles. The molecule has 5 nitrogen and oxygen atoms in total. The van der Waals surface area contributed by atoms with Gasteiger partial charge < -0.3 is 14.4 Å². The van der Waals surface area contributed by atoms with Crippen molar-refractivity contribution in [3.05, 3.63) is 21.4 Å². The van der Waals surface area contributed by atoms with Crippen LogP contribution in [-0.2, 0) is 14.3 Å². The van der Waals surface area contributed by atoms with Gasteiger partial charge in [0.05, 0.1) is 27.6 Å². The van der Waals surface area contributed by atoms with Crippen LogP contribution in [0.2, 0.25) is 0 Å². The zero-order valence-corrected chi connectivity index (χ0v) is 19.7. The fraction of sp³-hybridized carbons (Fsp3) is 0.714. The second-order valence-corrected chi connectivity index (χ2v) is 10.3. The summed E-state index contributed by atoms with van der Waals surface area (Å²) in [6.45, 7) is 19.8. The molecule has 1 aromatic heterocycles. The summed E-state index contributed by atoms with van der Waals surface area (Å²) < 4.78 is 12.7. The van der Waals surface area contributed by atoms with Crippen molar-refractivity contribution in [1.82, 2.24) is 4.98 Å². The summed E-state index contributed by atoms with van der Waals surface area (Å²) in [5, 5.41) is 0. The molecule has 0 aliphatic carbocycles. The predicted octanol–water partition coefficient (Wildman–Crippen LogP) is 5.11. The Morgan fingerprint density at radius 1 is 1.19 bits per heavy atom. The summed E-state index contributed by atoms with van der Waals surface area (Å²) in [4.78, 5) is 19.9. The molecule has 1 aromatic rings. The van der Waals surface area contributed by atoms with Crippen LogP contribution < -0.4 is 4.90 Å². The Morgan fingerprint density at radius 2 is 1.74 bits per heavy atom. The van der Waals surface area contributed by atoms with Crippen molar-refractivity contribution in [3.8, 4) is 0 Å². The number of aromatic nitrogens is 1. The number of ether oxygens (including phenoxy) is 2. The molecule has 1 fully saturated rings. The van der Waals surface area contributed by atoms with E-state index in [9.17, 15) is 4.79 Å². The highest BCUT2D eigenvalue weighted by Crippen LogP contribution is 2.45. The fourth-order valence-electron chi connectivity index (χ4n) is 3.46. The van der Waals surface area contributed by atoms with E-state index in [0.29, 0.717) is 0 Å². The van der Waals surface area contributed by atoms with Crippen molar-refractivity contribution in [2.24, 2.45) is 5.41 Å². The van der Waals surface area contributed by atoms with Crippen molar-refractivity contribution in [3.63, 3.8) is 0 Å². The smallest absolute Gasteiger partial charge is 0.340 e. The molecule has 0 N–H and O–H groups in total. The fourth-order valence-corrected chi connectivity index (χ4v) is 4.02. The molecule has 1 atom stereocenters. The summed E-state index contributed by atoms with van der Waals surface area (Å²) in [6, 6.07) is 0. The standard InChI is InChI=1S/C21H33BrN2O3/c1-12(2)26-19(25)18(27-20(5,6)7)15-13(3)23-14(4)16(22)17(15)24-10-21(8,9)11-24/h12,18H,10-11H2,1-9H3/t18-/m0/s1. The van der Waals surface area contributed by atoms with Gasteiger partial charge >= 0.3 is 5.97 Å². The van der Waals surface area contributed by atoms with Crippen LogP contribution in [0.4, 0.5) is 5.69 Å². The third-order valence-electron chi connectivity index (χ3n) is 4.36. The Hall–Kier alpha value is -1.14. The average molecular weight is 441 g/mol. The van der Waals surface area contributed by atoms with Crippen LogP contribution in [0.5, 0.6) is 0 Å². The first-order valence-corrected chi connectivity index (χ1v) is 10.3. The Balaban J connectivity index is 2.60. The van der Waals surface area contributed by atoms with Crippen molar-refractivity contribution in [2.75, 3.05) is 18.0 Å². The average Bonchev–Trinajstić information content (AvgIpc) is 2.44. The number of pyridine rings is 1. The SMILES string of the molecule is Cc1nc(C)c([C@H](OC(C)(C)C)C(=O)OC(C)C)c(N2CC(C)(C)C2)c1Br. The number of rotatable bonds is 5. The lowest BCUT2D eigenvalue weighted by atomic mass is 9.83. The molecule has 2 heterocycles. The highest BCUT2D eigenvalue weighted by Gasteiger charge is 2.41. The van der Waals surface area contributed by atoms with Gasteiger partial charge in [0.2, 0.25) is 0 Å². The number of carbonyl (C=O) groups excluding carboxylic acids is 1. The van der Waals surface area contributed by atoms with Gasteiger partial charge in [-0.05, 0) is 69.8 Å². The first kappa shape index (κ1) is 22.2. The third kappa shape index (κ3) is 5.23. The molecule has 6 heteroatoms. The van der Waals surface area contributed by atoms with Crippen LogP contribution in [0.15, 0.2) is 4.47 Å². The normalized spacial score (nSPS) is 17.7. The molecule has 0 bridgehead atoms. The van der Waals surface area contributed by atoms with Gasteiger partial charge in [-0.25, -0.2) is 4.79 Å². The van der Waals surface area contributed by atoms with Gasteiger partial charge in [0, 0.05) is 24.3 Å². The highest BCUT2D eigenvalue weighted by molar-refractivity contribution is 9.10. The monoisotopic (exact) mass is 440 g/mol. The van der Waals surface area contributed by atoms with Crippen LogP contribution in [-0.4, -0.2) is 35.7 Å². The molecular weight excluding hydrogens is 408 g/mol. The second-order valence-electron chi connectivity index (χ2n) is 9.48. The van der Waals surface area contributed by atoms with Crippen molar-refractivity contribution in [2.45, 2.75) is 80.1 Å². The molecular formula is C21H33BrN2O3. The van der Waals surface area contributed by atoms with E-state index in [2.05, 4.69) is 39.7 Å². The van der Waals surface area contributed by atoms with E-state index in [1.807, 2.05) is 48.5 Å². The van der Waals surface area contributed by atoms with Crippen LogP contribution in [0.1, 0.15) is 71.5 Å². The van der Waals surface area contributed by atoms with Crippen molar-refractivity contribution >= 4 is 27.6 Å². The summed E-state index contributed by atoms with van der Waals surface area (Å²) in [7, 11) is 0. The number of carbonyl (C=O) groups is 1. The Kier molecular flexibility index (Phi) is 6.32. The molecule has 0 unspecified atom stereocenters. The number of aryl methyl sites for hydroxylation is 2. The summed E-state index contributed by atoms with van der Waals surface area (Å²) in [5.41, 5.74) is 3.24. The van der Waals surface area contributed by atoms with E-state index in [-0.39, 0.29) is 17.5 Å². The van der Waals surface area contributed by atoms with Gasteiger partial charge in [-0.2, -0.15) is 0 Å². The molecule has 0 spiro atoms. The topological polar surface area (TPSA) is 51.7 Å². The summed E-state index contributed by atoms with van der Waals surface area (Å²) in [6.07, 6.45) is -1.03. The first-order chi connectivity index (χ1) is 12.2. The maximum absolute atomic E-state index is 13.0. The van der Waals surface area contributed by atoms with Crippen LogP contribution in [0.3, 0.4) is 0 Å². The van der Waals surface area contributed by atoms with Gasteiger partial charge in [-0.1, -0.05) is 13.8 Å². The molecule has 2 rings (SSSR count). The van der Waals surface area contributed by atoms with Crippen molar-refractivity contribution < 1.29 is 14.3 Å². The van der Waals surface area contributed by atoms with E-state index in [4.69, 9.17) is 9.47 Å². The lowest BCUT2D eigenvalue weighted by molar-refractivity contribution is -0.171. The van der Waals surface area contributed by atoms with Crippen molar-refractivity contribution in [1.29, 1.82) is 0 Å². The molecule has 0 saturated carbocycles. The van der Waals surface area contributed by atoms with E-state index < -0.39 is 11.7 Å². The summed E-state index contributed by atoms with van der Waals surface area (Å²) >= 11 is 3.71. The van der Waals surface area contributed by atoms with E-state index in [1.165, 1.54) is 0 Å². The minimum absolute atomic E-state index is 0.211. The summed E-state index contributed by atoms with van der Waals surface area (Å²) in [5.74, 6) is -0.374. The van der Waals surface area contributed by atoms with Gasteiger partial charge in [-0.3, -0.25) is 4.98 Å². The molecule has 0 aromatic carbocycles. The number of hydrogen-bond acceptors (Lipinski definition) is 5. The third-order valence-corrected chi connectivity index (χ3v) is 5.31. The molecule has 27 heavy (non-hydrogen) atoms. The van der Waals surface area contributed by atoms with Gasteiger partial charge in [0.25, 0.3) is 0 Å².